The van der Waals surface area contributed by atoms with E-state index in [1.165, 1.54) is 6.33 Å². The molecule has 0 amide bonds. The van der Waals surface area contributed by atoms with E-state index in [1.54, 1.807) is 6.07 Å². The molecule has 1 aromatic carbocycles. The van der Waals surface area contributed by atoms with E-state index in [0.29, 0.717) is 46.2 Å². The van der Waals surface area contributed by atoms with E-state index < -0.39 is 6.10 Å². The maximum absolute atomic E-state index is 10.2. The van der Waals surface area contributed by atoms with Gasteiger partial charge in [0.25, 0.3) is 0 Å². The summed E-state index contributed by atoms with van der Waals surface area (Å²) in [6, 6.07) is 5.48. The van der Waals surface area contributed by atoms with Gasteiger partial charge in [0, 0.05) is 53.7 Å². The lowest BCUT2D eigenvalue weighted by Gasteiger charge is -2.14. The molecule has 0 fully saturated rings. The van der Waals surface area contributed by atoms with Crippen molar-refractivity contribution < 1.29 is 18.8 Å². The van der Waals surface area contributed by atoms with Crippen LogP contribution in [-0.4, -0.2) is 26.8 Å². The number of halogens is 1. The molecule has 3 aromatic heterocycles. The third kappa shape index (κ3) is 3.09. The molecule has 8 nitrogen and oxygen atoms in total. The van der Waals surface area contributed by atoms with Gasteiger partial charge in [0.05, 0.1) is 5.69 Å². The van der Waals surface area contributed by atoms with Gasteiger partial charge < -0.3 is 24.1 Å². The summed E-state index contributed by atoms with van der Waals surface area (Å²) in [7, 11) is 0. The summed E-state index contributed by atoms with van der Waals surface area (Å²) in [6.45, 7) is 3.51. The van der Waals surface area contributed by atoms with Crippen LogP contribution in [0.4, 0.5) is 0 Å². The molecular weight excluding hydrogens is 432 g/mol. The highest BCUT2D eigenvalue weighted by atomic mass is 35.5. The first-order valence-electron chi connectivity index (χ1n) is 10.7. The summed E-state index contributed by atoms with van der Waals surface area (Å²) in [5.74, 6) is 1.91. The predicted molar refractivity (Wildman–Crippen MR) is 116 cm³/mol. The first-order valence-corrected chi connectivity index (χ1v) is 11.1. The van der Waals surface area contributed by atoms with Crippen molar-refractivity contribution in [1.29, 1.82) is 0 Å². The molecule has 2 atom stereocenters. The van der Waals surface area contributed by atoms with Gasteiger partial charge in [0.15, 0.2) is 17.4 Å². The quantitative estimate of drug-likeness (QED) is 0.472. The summed E-state index contributed by atoms with van der Waals surface area (Å²) in [5.41, 5.74) is 5.45. The number of aromatic nitrogens is 3. The normalized spacial score (nSPS) is 18.4. The number of fused-ring (bicyclic) bond motifs is 3. The molecule has 9 heteroatoms. The molecule has 5 heterocycles. The Labute approximate surface area is 188 Å². The second-order valence-electron chi connectivity index (χ2n) is 8.16. The van der Waals surface area contributed by atoms with Gasteiger partial charge in [-0.2, -0.15) is 0 Å². The highest BCUT2D eigenvalue weighted by Crippen LogP contribution is 2.47. The van der Waals surface area contributed by atoms with Crippen molar-refractivity contribution in [2.24, 2.45) is 0 Å². The molecule has 0 saturated carbocycles. The SMILES string of the molecule is CCC(O)c1cc2ncnc(-c3cc(Cl)cc4c3O[C@@H](c3onc5c3CNCC5)C4)c2o1. The fourth-order valence-corrected chi connectivity index (χ4v) is 4.73. The fourth-order valence-electron chi connectivity index (χ4n) is 4.49. The van der Waals surface area contributed by atoms with E-state index in [9.17, 15) is 5.11 Å². The van der Waals surface area contributed by atoms with Gasteiger partial charge in [0.2, 0.25) is 0 Å². The summed E-state index contributed by atoms with van der Waals surface area (Å²) in [4.78, 5) is 8.79. The third-order valence-electron chi connectivity index (χ3n) is 6.13. The van der Waals surface area contributed by atoms with Gasteiger partial charge in [-0.25, -0.2) is 9.97 Å². The van der Waals surface area contributed by atoms with Crippen molar-refractivity contribution in [1.82, 2.24) is 20.4 Å². The average Bonchev–Trinajstić information content (AvgIpc) is 3.53. The zero-order chi connectivity index (χ0) is 21.8. The molecule has 32 heavy (non-hydrogen) atoms. The number of rotatable bonds is 4. The Morgan fingerprint density at radius 3 is 3.06 bits per heavy atom. The highest BCUT2D eigenvalue weighted by molar-refractivity contribution is 6.31. The number of furan rings is 1. The summed E-state index contributed by atoms with van der Waals surface area (Å²) in [6.07, 6.45) is 2.50. The van der Waals surface area contributed by atoms with Crippen molar-refractivity contribution in [3.05, 3.63) is 57.9 Å². The molecule has 0 aliphatic carbocycles. The average molecular weight is 453 g/mol. The zero-order valence-electron chi connectivity index (χ0n) is 17.4. The molecule has 1 unspecified atom stereocenters. The molecule has 2 N–H and O–H groups in total. The fraction of sp³-hybridized carbons (Fsp3) is 0.348. The van der Waals surface area contributed by atoms with Crippen LogP contribution in [0, 0.1) is 0 Å². The minimum atomic E-state index is -0.700. The molecule has 6 rings (SSSR count). The number of aliphatic hydroxyl groups is 1. The lowest BCUT2D eigenvalue weighted by molar-refractivity contribution is 0.148. The highest BCUT2D eigenvalue weighted by Gasteiger charge is 2.35. The number of nitrogens with one attached hydrogen (secondary N) is 1. The molecule has 164 valence electrons. The van der Waals surface area contributed by atoms with E-state index in [-0.39, 0.29) is 6.10 Å². The number of benzene rings is 1. The standard InChI is InChI=1S/C23H21ClN4O4/c1-2-17(29)18-8-16-23(30-18)20(27-10-26-16)13-7-12(24)5-11-6-19(31-21(11)13)22-14-9-25-4-3-15(14)28-32-22/h5,7-8,10,17,19,25,29H,2-4,6,9H2,1H3/t17?,19-/m1/s1. The first kappa shape index (κ1) is 19.7. The first-order chi connectivity index (χ1) is 15.6. The number of hydrogen-bond acceptors (Lipinski definition) is 8. The van der Waals surface area contributed by atoms with Crippen molar-refractivity contribution >= 4 is 22.7 Å². The lowest BCUT2D eigenvalue weighted by Crippen LogP contribution is -2.24. The summed E-state index contributed by atoms with van der Waals surface area (Å²) >= 11 is 6.48. The number of hydrogen-bond donors (Lipinski definition) is 2. The molecule has 0 saturated heterocycles. The summed E-state index contributed by atoms with van der Waals surface area (Å²) < 4.78 is 18.1. The van der Waals surface area contributed by atoms with Crippen LogP contribution in [0.2, 0.25) is 5.02 Å². The zero-order valence-corrected chi connectivity index (χ0v) is 18.1. The van der Waals surface area contributed by atoms with Crippen LogP contribution in [0.15, 0.2) is 33.5 Å². The molecule has 4 aromatic rings. The van der Waals surface area contributed by atoms with Crippen LogP contribution < -0.4 is 10.1 Å². The second kappa shape index (κ2) is 7.58. The Morgan fingerprint density at radius 1 is 1.28 bits per heavy atom. The van der Waals surface area contributed by atoms with Crippen LogP contribution in [0.25, 0.3) is 22.4 Å². The Hall–Kier alpha value is -2.94. The van der Waals surface area contributed by atoms with Gasteiger partial charge >= 0.3 is 0 Å². The summed E-state index contributed by atoms with van der Waals surface area (Å²) in [5, 5.41) is 18.4. The maximum Gasteiger partial charge on any atom is 0.182 e. The van der Waals surface area contributed by atoms with E-state index in [4.69, 9.17) is 25.3 Å². The molecule has 2 aliphatic heterocycles. The van der Waals surface area contributed by atoms with Crippen molar-refractivity contribution in [3.8, 4) is 17.0 Å². The Kier molecular flexibility index (Phi) is 4.67. The molecule has 0 spiro atoms. The number of aliphatic hydroxyl groups excluding tert-OH is 1. The van der Waals surface area contributed by atoms with Crippen LogP contribution in [0.5, 0.6) is 5.75 Å². The van der Waals surface area contributed by atoms with Crippen molar-refractivity contribution in [2.45, 2.75) is 44.9 Å². The van der Waals surface area contributed by atoms with Crippen molar-refractivity contribution in [2.75, 3.05) is 6.54 Å². The minimum Gasteiger partial charge on any atom is -0.481 e. The second-order valence-corrected chi connectivity index (χ2v) is 8.60. The molecule has 2 aliphatic rings. The Morgan fingerprint density at radius 2 is 2.19 bits per heavy atom. The van der Waals surface area contributed by atoms with E-state index in [1.807, 2.05) is 19.1 Å². The largest absolute Gasteiger partial charge is 0.481 e. The number of ether oxygens (including phenoxy) is 1. The van der Waals surface area contributed by atoms with E-state index in [0.717, 1.165) is 47.7 Å². The van der Waals surface area contributed by atoms with E-state index >= 15 is 0 Å². The van der Waals surface area contributed by atoms with Gasteiger partial charge in [-0.05, 0) is 18.6 Å². The van der Waals surface area contributed by atoms with Crippen LogP contribution >= 0.6 is 11.6 Å². The van der Waals surface area contributed by atoms with Crippen LogP contribution in [0.1, 0.15) is 53.9 Å². The van der Waals surface area contributed by atoms with Gasteiger partial charge in [0.1, 0.15) is 35.2 Å². The van der Waals surface area contributed by atoms with Gasteiger partial charge in [-0.3, -0.25) is 0 Å². The Balaban J connectivity index is 1.44. The van der Waals surface area contributed by atoms with Crippen LogP contribution in [-0.2, 0) is 19.4 Å². The number of nitrogens with zero attached hydrogens (tertiary/aromatic N) is 3. The third-order valence-corrected chi connectivity index (χ3v) is 6.35. The minimum absolute atomic E-state index is 0.287. The monoisotopic (exact) mass is 452 g/mol. The molecule has 0 radical (unpaired) electrons. The Bertz CT molecular complexity index is 1330. The lowest BCUT2D eigenvalue weighted by atomic mass is 10.0. The van der Waals surface area contributed by atoms with Gasteiger partial charge in [-0.1, -0.05) is 23.7 Å². The topological polar surface area (TPSA) is 106 Å². The predicted octanol–water partition coefficient (Wildman–Crippen LogP) is 4.30. The smallest absolute Gasteiger partial charge is 0.182 e. The van der Waals surface area contributed by atoms with Gasteiger partial charge in [-0.15, -0.1) is 0 Å². The van der Waals surface area contributed by atoms with E-state index in [2.05, 4.69) is 20.4 Å². The van der Waals surface area contributed by atoms with Crippen molar-refractivity contribution in [3.63, 3.8) is 0 Å². The molecular formula is C23H21ClN4O4. The molecule has 0 bridgehead atoms. The maximum atomic E-state index is 10.2. The van der Waals surface area contributed by atoms with Crippen LogP contribution in [0.3, 0.4) is 0 Å².